The van der Waals surface area contributed by atoms with Crippen molar-refractivity contribution in [2.45, 2.75) is 32.2 Å². The molecule has 4 aromatic rings. The number of rotatable bonds is 8. The van der Waals surface area contributed by atoms with Gasteiger partial charge < -0.3 is 15.1 Å². The third kappa shape index (κ3) is 6.07. The lowest BCUT2D eigenvalue weighted by Gasteiger charge is -2.15. The minimum absolute atomic E-state index is 0.00963. The van der Waals surface area contributed by atoms with Crippen LogP contribution < -0.4 is 15.4 Å². The number of amides is 2. The first-order chi connectivity index (χ1) is 17.6. The summed E-state index contributed by atoms with van der Waals surface area (Å²) in [5.74, 6) is -0.343. The average Bonchev–Trinajstić information content (AvgIpc) is 3.38. The summed E-state index contributed by atoms with van der Waals surface area (Å²) in [4.78, 5) is 25.8. The predicted octanol–water partition coefficient (Wildman–Crippen LogP) is 5.19. The molecule has 0 unspecified atom stereocenters. The van der Waals surface area contributed by atoms with Crippen LogP contribution in [0.5, 0.6) is 0 Å². The lowest BCUT2D eigenvalue weighted by molar-refractivity contribution is 0.0949. The van der Waals surface area contributed by atoms with Crippen LogP contribution in [0.2, 0.25) is 0 Å². The van der Waals surface area contributed by atoms with Gasteiger partial charge in [0.15, 0.2) is 0 Å². The number of carbonyl (C=O) groups is 2. The summed E-state index contributed by atoms with van der Waals surface area (Å²) in [6, 6.07) is 19.9. The Labute approximate surface area is 215 Å². The second-order valence-electron chi connectivity index (χ2n) is 8.67. The van der Waals surface area contributed by atoms with Crippen LogP contribution in [-0.4, -0.2) is 20.2 Å². The number of aryl methyl sites for hydroxylation is 3. The maximum atomic E-state index is 13.2. The van der Waals surface area contributed by atoms with Crippen molar-refractivity contribution in [2.75, 3.05) is 10.0 Å². The summed E-state index contributed by atoms with van der Waals surface area (Å²) >= 11 is 0. The number of benzene rings is 3. The molecule has 190 valence electrons. The van der Waals surface area contributed by atoms with Gasteiger partial charge in [-0.2, -0.15) is 0 Å². The van der Waals surface area contributed by atoms with Crippen LogP contribution in [0, 0.1) is 20.8 Å². The Bertz CT molecular complexity index is 1560. The Morgan fingerprint density at radius 3 is 2.32 bits per heavy atom. The molecule has 8 nitrogen and oxygen atoms in total. The van der Waals surface area contributed by atoms with Crippen LogP contribution >= 0.6 is 0 Å². The van der Waals surface area contributed by atoms with E-state index in [1.54, 1.807) is 61.5 Å². The third-order valence-corrected chi connectivity index (χ3v) is 7.30. The van der Waals surface area contributed by atoms with Gasteiger partial charge in [-0.25, -0.2) is 8.42 Å². The van der Waals surface area contributed by atoms with E-state index in [9.17, 15) is 18.0 Å². The Hall–Kier alpha value is -4.37. The zero-order chi connectivity index (χ0) is 26.6. The van der Waals surface area contributed by atoms with Crippen LogP contribution in [0.4, 0.5) is 11.4 Å². The molecule has 0 atom stereocenters. The molecule has 0 radical (unpaired) electrons. The van der Waals surface area contributed by atoms with Gasteiger partial charge in [0.05, 0.1) is 34.6 Å². The van der Waals surface area contributed by atoms with Crippen molar-refractivity contribution in [3.8, 4) is 0 Å². The predicted molar refractivity (Wildman–Crippen MR) is 142 cm³/mol. The number of anilines is 2. The molecular weight excluding hydrogens is 490 g/mol. The van der Waals surface area contributed by atoms with E-state index in [1.165, 1.54) is 12.3 Å². The smallest absolute Gasteiger partial charge is 0.262 e. The highest BCUT2D eigenvalue weighted by atomic mass is 32.2. The van der Waals surface area contributed by atoms with E-state index >= 15 is 0 Å². The molecule has 0 bridgehead atoms. The zero-order valence-electron chi connectivity index (χ0n) is 20.7. The molecule has 4 rings (SSSR count). The minimum Gasteiger partial charge on any atom is -0.467 e. The van der Waals surface area contributed by atoms with Gasteiger partial charge in [0.1, 0.15) is 5.76 Å². The molecule has 1 heterocycles. The number of nitrogens with one attached hydrogen (secondary N) is 3. The van der Waals surface area contributed by atoms with Gasteiger partial charge in [0.25, 0.3) is 21.8 Å². The number of carbonyl (C=O) groups excluding carboxylic acids is 2. The fourth-order valence-electron chi connectivity index (χ4n) is 3.82. The van der Waals surface area contributed by atoms with Crippen molar-refractivity contribution >= 4 is 33.2 Å². The van der Waals surface area contributed by atoms with E-state index in [2.05, 4.69) is 15.4 Å². The molecule has 3 N–H and O–H groups in total. The van der Waals surface area contributed by atoms with Gasteiger partial charge in [0, 0.05) is 5.56 Å². The largest absolute Gasteiger partial charge is 0.467 e. The van der Waals surface area contributed by atoms with Gasteiger partial charge in [-0.1, -0.05) is 35.9 Å². The number of para-hydroxylation sites is 1. The second kappa shape index (κ2) is 10.7. The van der Waals surface area contributed by atoms with Crippen LogP contribution in [-0.2, 0) is 16.6 Å². The fraction of sp³-hybridized carbons (Fsp3) is 0.143. The van der Waals surface area contributed by atoms with Gasteiger partial charge in [-0.3, -0.25) is 14.3 Å². The van der Waals surface area contributed by atoms with Gasteiger partial charge >= 0.3 is 0 Å². The number of furan rings is 1. The first kappa shape index (κ1) is 25.7. The Kier molecular flexibility index (Phi) is 7.45. The normalized spacial score (nSPS) is 11.1. The molecule has 1 aromatic heterocycles. The van der Waals surface area contributed by atoms with E-state index in [4.69, 9.17) is 4.42 Å². The van der Waals surface area contributed by atoms with E-state index in [1.807, 2.05) is 26.0 Å². The quantitative estimate of drug-likeness (QED) is 0.297. The first-order valence-electron chi connectivity index (χ1n) is 11.6. The van der Waals surface area contributed by atoms with Crippen molar-refractivity contribution in [2.24, 2.45) is 0 Å². The fourth-order valence-corrected chi connectivity index (χ4v) is 5.22. The van der Waals surface area contributed by atoms with Crippen molar-refractivity contribution in [1.82, 2.24) is 5.32 Å². The minimum atomic E-state index is -3.96. The van der Waals surface area contributed by atoms with Gasteiger partial charge in [-0.05, 0) is 74.4 Å². The summed E-state index contributed by atoms with van der Waals surface area (Å²) in [5, 5.41) is 5.48. The molecule has 0 spiro atoms. The lowest BCUT2D eigenvalue weighted by atomic mass is 10.1. The topological polar surface area (TPSA) is 118 Å². The maximum absolute atomic E-state index is 13.2. The molecule has 0 aliphatic carbocycles. The van der Waals surface area contributed by atoms with Crippen LogP contribution in [0.3, 0.4) is 0 Å². The molecule has 37 heavy (non-hydrogen) atoms. The highest BCUT2D eigenvalue weighted by Crippen LogP contribution is 2.24. The first-order valence-corrected chi connectivity index (χ1v) is 13.0. The van der Waals surface area contributed by atoms with E-state index in [0.717, 1.165) is 11.1 Å². The van der Waals surface area contributed by atoms with Crippen molar-refractivity contribution in [3.05, 3.63) is 113 Å². The van der Waals surface area contributed by atoms with E-state index in [0.29, 0.717) is 22.7 Å². The molecule has 0 aliphatic rings. The average molecular weight is 518 g/mol. The summed E-state index contributed by atoms with van der Waals surface area (Å²) in [6.45, 7) is 5.61. The Morgan fingerprint density at radius 2 is 1.59 bits per heavy atom. The molecule has 0 fully saturated rings. The molecular formula is C28H27N3O5S. The van der Waals surface area contributed by atoms with E-state index < -0.39 is 21.8 Å². The monoisotopic (exact) mass is 517 g/mol. The highest BCUT2D eigenvalue weighted by molar-refractivity contribution is 7.92. The Balaban J connectivity index is 1.55. The van der Waals surface area contributed by atoms with Gasteiger partial charge in [0.2, 0.25) is 0 Å². The molecule has 0 aliphatic heterocycles. The maximum Gasteiger partial charge on any atom is 0.262 e. The summed E-state index contributed by atoms with van der Waals surface area (Å²) in [6.07, 6.45) is 1.52. The van der Waals surface area contributed by atoms with Crippen molar-refractivity contribution in [3.63, 3.8) is 0 Å². The Morgan fingerprint density at radius 1 is 0.811 bits per heavy atom. The standard InChI is InChI=1S/C28H27N3O5S/c1-18-10-13-24(20(3)15-18)31-37(34,35)26-16-21(12-11-19(26)2)27(32)30-25-9-5-4-8-23(25)28(33)29-17-22-7-6-14-36-22/h4-16,31H,17H2,1-3H3,(H,29,33)(H,30,32). The second-order valence-corrected chi connectivity index (χ2v) is 10.3. The van der Waals surface area contributed by atoms with E-state index in [-0.39, 0.29) is 22.6 Å². The third-order valence-electron chi connectivity index (χ3n) is 5.79. The molecule has 3 aromatic carbocycles. The molecule has 9 heteroatoms. The van der Waals surface area contributed by atoms with Crippen LogP contribution in [0.1, 0.15) is 43.2 Å². The van der Waals surface area contributed by atoms with Crippen molar-refractivity contribution in [1.29, 1.82) is 0 Å². The number of sulfonamides is 1. The van der Waals surface area contributed by atoms with Crippen LogP contribution in [0.15, 0.2) is 88.4 Å². The highest BCUT2D eigenvalue weighted by Gasteiger charge is 2.21. The van der Waals surface area contributed by atoms with Crippen molar-refractivity contribution < 1.29 is 22.4 Å². The molecule has 0 saturated carbocycles. The molecule has 2 amide bonds. The SMILES string of the molecule is Cc1ccc(NS(=O)(=O)c2cc(C(=O)Nc3ccccc3C(=O)NCc3ccco3)ccc2C)c(C)c1. The summed E-state index contributed by atoms with van der Waals surface area (Å²) < 4.78 is 34.3. The molecule has 0 saturated heterocycles. The summed E-state index contributed by atoms with van der Waals surface area (Å²) in [5.41, 5.74) is 3.46. The zero-order valence-corrected chi connectivity index (χ0v) is 21.5. The van der Waals surface area contributed by atoms with Gasteiger partial charge in [-0.15, -0.1) is 0 Å². The summed E-state index contributed by atoms with van der Waals surface area (Å²) in [7, 11) is -3.96. The lowest BCUT2D eigenvalue weighted by Crippen LogP contribution is -2.24. The number of hydrogen-bond acceptors (Lipinski definition) is 5. The number of hydrogen-bond donors (Lipinski definition) is 3. The van der Waals surface area contributed by atoms with Crippen LogP contribution in [0.25, 0.3) is 0 Å².